The second kappa shape index (κ2) is 9.71. The lowest BCUT2D eigenvalue weighted by Crippen LogP contribution is -2.37. The van der Waals surface area contributed by atoms with Crippen molar-refractivity contribution in [1.82, 2.24) is 9.97 Å². The first-order valence-corrected chi connectivity index (χ1v) is 12.4. The van der Waals surface area contributed by atoms with E-state index in [0.717, 1.165) is 24.8 Å². The van der Waals surface area contributed by atoms with Crippen LogP contribution in [0.5, 0.6) is 0 Å². The minimum atomic E-state index is -3.86. The van der Waals surface area contributed by atoms with Crippen molar-refractivity contribution in [2.75, 3.05) is 11.9 Å². The molecule has 2 atom stereocenters. The first-order chi connectivity index (χ1) is 15.0. The molecule has 10 heteroatoms. The number of nitrogens with zero attached hydrogens (tertiary/aromatic N) is 3. The Kier molecular flexibility index (Phi) is 7.40. The normalized spacial score (nSPS) is 20.5. The molecule has 172 valence electrons. The molecule has 0 spiro atoms. The number of aliphatic hydroxyl groups excluding tert-OH is 1. The van der Waals surface area contributed by atoms with Crippen molar-refractivity contribution in [2.24, 2.45) is 16.5 Å². The van der Waals surface area contributed by atoms with Crippen LogP contribution in [0.25, 0.3) is 0 Å². The third-order valence-electron chi connectivity index (χ3n) is 6.03. The topological polar surface area (TPSA) is 142 Å². The fraction of sp³-hybridized carbons (Fsp3) is 0.500. The summed E-state index contributed by atoms with van der Waals surface area (Å²) in [7, 11) is -3.86. The summed E-state index contributed by atoms with van der Waals surface area (Å²) in [6.45, 7) is 4.65. The van der Waals surface area contributed by atoms with E-state index in [2.05, 4.69) is 35.2 Å². The molecule has 0 unspecified atom stereocenters. The highest BCUT2D eigenvalue weighted by Crippen LogP contribution is 2.40. The number of aromatic nitrogens is 2. The number of sulfonamides is 1. The molecule has 8 nitrogen and oxygen atoms in total. The van der Waals surface area contributed by atoms with Crippen molar-refractivity contribution in [3.05, 3.63) is 46.2 Å². The molecule has 1 saturated carbocycles. The molecule has 0 aliphatic heterocycles. The van der Waals surface area contributed by atoms with Crippen LogP contribution in [0.1, 0.15) is 49.9 Å². The molecule has 1 aliphatic carbocycles. The predicted octanol–water partition coefficient (Wildman–Crippen LogP) is 3.03. The van der Waals surface area contributed by atoms with Gasteiger partial charge in [0.05, 0.1) is 28.6 Å². The zero-order valence-electron chi connectivity index (χ0n) is 18.2. The number of hydrogen-bond acceptors (Lipinski definition) is 7. The van der Waals surface area contributed by atoms with Crippen molar-refractivity contribution < 1.29 is 13.5 Å². The van der Waals surface area contributed by atoms with Gasteiger partial charge < -0.3 is 10.4 Å². The van der Waals surface area contributed by atoms with Crippen LogP contribution in [-0.4, -0.2) is 36.1 Å². The number of nitrogens with two attached hydrogens (primary N) is 1. The lowest BCUT2D eigenvalue weighted by atomic mass is 9.69. The second-order valence-electron chi connectivity index (χ2n) is 9.01. The number of nitrogens with one attached hydrogen (secondary N) is 1. The third kappa shape index (κ3) is 5.95. The van der Waals surface area contributed by atoms with Gasteiger partial charge in [0.1, 0.15) is 11.0 Å². The van der Waals surface area contributed by atoms with Gasteiger partial charge in [-0.2, -0.15) is 5.26 Å². The summed E-state index contributed by atoms with van der Waals surface area (Å²) in [6, 6.07) is 6.81. The van der Waals surface area contributed by atoms with Crippen LogP contribution in [0.2, 0.25) is 5.02 Å². The lowest BCUT2D eigenvalue weighted by Gasteiger charge is -2.39. The number of aliphatic hydroxyl groups is 1. The van der Waals surface area contributed by atoms with Crippen molar-refractivity contribution >= 4 is 27.6 Å². The number of halogens is 1. The quantitative estimate of drug-likeness (QED) is 0.556. The largest absolute Gasteiger partial charge is 0.393 e. The summed E-state index contributed by atoms with van der Waals surface area (Å²) < 4.78 is 22.9. The van der Waals surface area contributed by atoms with Crippen molar-refractivity contribution in [3.63, 3.8) is 0 Å². The lowest BCUT2D eigenvalue weighted by molar-refractivity contribution is -0.00748. The van der Waals surface area contributed by atoms with Gasteiger partial charge in [0.15, 0.2) is 0 Å². The molecule has 0 radical (unpaired) electrons. The average molecular weight is 478 g/mol. The smallest absolute Gasteiger partial charge is 0.239 e. The number of nitriles is 1. The van der Waals surface area contributed by atoms with Crippen LogP contribution in [0.3, 0.4) is 0 Å². The van der Waals surface area contributed by atoms with E-state index in [0.29, 0.717) is 42.5 Å². The molecule has 4 N–H and O–H groups in total. The number of primary sulfonamides is 1. The highest BCUT2D eigenvalue weighted by atomic mass is 35.5. The van der Waals surface area contributed by atoms with E-state index in [4.69, 9.17) is 16.7 Å². The summed E-state index contributed by atoms with van der Waals surface area (Å²) in [4.78, 5) is 8.70. The van der Waals surface area contributed by atoms with Crippen molar-refractivity contribution in [1.29, 1.82) is 5.26 Å². The fourth-order valence-corrected chi connectivity index (χ4v) is 5.33. The van der Waals surface area contributed by atoms with Crippen LogP contribution >= 0.6 is 11.6 Å². The summed E-state index contributed by atoms with van der Waals surface area (Å²) >= 11 is 6.04. The number of rotatable bonds is 7. The maximum absolute atomic E-state index is 11.5. The minimum Gasteiger partial charge on any atom is -0.393 e. The van der Waals surface area contributed by atoms with Crippen LogP contribution in [0.4, 0.5) is 5.95 Å². The van der Waals surface area contributed by atoms with Crippen molar-refractivity contribution in [2.45, 2.75) is 57.0 Å². The summed E-state index contributed by atoms with van der Waals surface area (Å²) in [5.41, 5.74) is 1.86. The zero-order chi connectivity index (χ0) is 23.5. The Morgan fingerprint density at radius 3 is 2.75 bits per heavy atom. The summed E-state index contributed by atoms with van der Waals surface area (Å²) in [5, 5.41) is 28.0. The number of anilines is 1. The molecule has 1 aliphatic rings. The van der Waals surface area contributed by atoms with Gasteiger partial charge in [-0.3, -0.25) is 0 Å². The minimum absolute atomic E-state index is 0.0856. The highest BCUT2D eigenvalue weighted by Gasteiger charge is 2.35. The second-order valence-corrected chi connectivity index (χ2v) is 10.9. The molecule has 3 rings (SSSR count). The average Bonchev–Trinajstić information content (AvgIpc) is 2.70. The van der Waals surface area contributed by atoms with Gasteiger partial charge >= 0.3 is 0 Å². The monoisotopic (exact) mass is 477 g/mol. The number of benzene rings is 1. The third-order valence-corrected chi connectivity index (χ3v) is 7.43. The van der Waals surface area contributed by atoms with Gasteiger partial charge in [0.25, 0.3) is 0 Å². The first kappa shape index (κ1) is 24.4. The maximum atomic E-state index is 11.5. The summed E-state index contributed by atoms with van der Waals surface area (Å²) in [5.74, 6) is 0.782. The predicted molar refractivity (Wildman–Crippen MR) is 123 cm³/mol. The molecule has 0 bridgehead atoms. The van der Waals surface area contributed by atoms with Crippen LogP contribution in [-0.2, 0) is 22.9 Å². The summed E-state index contributed by atoms with van der Waals surface area (Å²) in [6.07, 6.45) is 5.00. The van der Waals surface area contributed by atoms with Gasteiger partial charge in [-0.05, 0) is 61.1 Å². The van der Waals surface area contributed by atoms with E-state index in [-0.39, 0.29) is 21.4 Å². The molecule has 1 aromatic heterocycles. The van der Waals surface area contributed by atoms with Crippen LogP contribution in [0, 0.1) is 22.7 Å². The van der Waals surface area contributed by atoms with Crippen LogP contribution < -0.4 is 10.5 Å². The van der Waals surface area contributed by atoms with E-state index >= 15 is 0 Å². The Bertz CT molecular complexity index is 1130. The van der Waals surface area contributed by atoms with Gasteiger partial charge in [0.2, 0.25) is 16.0 Å². The van der Waals surface area contributed by atoms with Crippen molar-refractivity contribution in [3.8, 4) is 6.07 Å². The molecule has 1 aromatic carbocycles. The Labute approximate surface area is 193 Å². The van der Waals surface area contributed by atoms with Gasteiger partial charge in [0, 0.05) is 6.54 Å². The number of hydrogen-bond donors (Lipinski definition) is 3. The van der Waals surface area contributed by atoms with E-state index in [1.807, 2.05) is 0 Å². The Morgan fingerprint density at radius 2 is 2.12 bits per heavy atom. The standard InChI is InChI=1S/C22H28ClN5O3S/c1-22(2)11-15(4-6-20(22)29)10-18-16(12-24)13-27-21(28-18)26-8-7-14-3-5-19(17(23)9-14)32(25,30)31/h3,5,9,13,15,20,29H,4,6-8,10-11H2,1-2H3,(H2,25,30,31)(H,26,27,28)/t15-,20-/m0/s1. The van der Waals surface area contributed by atoms with E-state index in [1.165, 1.54) is 12.3 Å². The molecule has 0 amide bonds. The fourth-order valence-electron chi connectivity index (χ4n) is 4.21. The molecule has 2 aromatic rings. The van der Waals surface area contributed by atoms with Crippen LogP contribution in [0.15, 0.2) is 29.3 Å². The van der Waals surface area contributed by atoms with E-state index in [1.54, 1.807) is 12.1 Å². The van der Waals surface area contributed by atoms with E-state index in [9.17, 15) is 18.8 Å². The molecule has 32 heavy (non-hydrogen) atoms. The maximum Gasteiger partial charge on any atom is 0.239 e. The Balaban J connectivity index is 1.64. The molecular weight excluding hydrogens is 450 g/mol. The molecule has 1 heterocycles. The first-order valence-electron chi connectivity index (χ1n) is 10.5. The molecule has 1 fully saturated rings. The molecular formula is C22H28ClN5O3S. The zero-order valence-corrected chi connectivity index (χ0v) is 19.7. The SMILES string of the molecule is CC1(C)C[C@H](Cc2nc(NCCc3ccc(S(N)(=O)=O)c(Cl)c3)ncc2C#N)CC[C@@H]1O. The van der Waals surface area contributed by atoms with Gasteiger partial charge in [-0.25, -0.2) is 23.5 Å². The Hall–Kier alpha value is -2.25. The molecule has 0 saturated heterocycles. The Morgan fingerprint density at radius 1 is 1.38 bits per heavy atom. The van der Waals surface area contributed by atoms with Gasteiger partial charge in [-0.1, -0.05) is 31.5 Å². The van der Waals surface area contributed by atoms with Gasteiger partial charge in [-0.15, -0.1) is 0 Å². The highest BCUT2D eigenvalue weighted by molar-refractivity contribution is 7.89. The van der Waals surface area contributed by atoms with E-state index < -0.39 is 10.0 Å².